The summed E-state index contributed by atoms with van der Waals surface area (Å²) < 4.78 is 6.43. The van der Waals surface area contributed by atoms with E-state index >= 15 is 0 Å². The zero-order valence-electron chi connectivity index (χ0n) is 21.1. The summed E-state index contributed by atoms with van der Waals surface area (Å²) in [5, 5.41) is 12.6. The Kier molecular flexibility index (Phi) is 4.11. The van der Waals surface area contributed by atoms with Crippen LogP contribution in [0, 0.1) is 0 Å². The van der Waals surface area contributed by atoms with Gasteiger partial charge in [-0.25, -0.2) is 0 Å². The van der Waals surface area contributed by atoms with Crippen LogP contribution in [0.5, 0.6) is 0 Å². The Labute approximate surface area is 224 Å². The van der Waals surface area contributed by atoms with E-state index in [1.165, 1.54) is 65.3 Å². The van der Waals surface area contributed by atoms with E-state index in [0.29, 0.717) is 0 Å². The normalized spacial score (nSPS) is 12.1. The summed E-state index contributed by atoms with van der Waals surface area (Å²) in [5.74, 6) is 0. The van der Waals surface area contributed by atoms with E-state index in [-0.39, 0.29) is 0 Å². The molecule has 9 rings (SSSR count). The summed E-state index contributed by atoms with van der Waals surface area (Å²) in [6.45, 7) is 0. The minimum Gasteiger partial charge on any atom is -0.455 e. The summed E-state index contributed by atoms with van der Waals surface area (Å²) in [7, 11) is 0. The Morgan fingerprint density at radius 1 is 0.333 bits per heavy atom. The molecule has 39 heavy (non-hydrogen) atoms. The van der Waals surface area contributed by atoms with Crippen molar-refractivity contribution in [3.63, 3.8) is 0 Å². The van der Waals surface area contributed by atoms with Gasteiger partial charge in [-0.15, -0.1) is 0 Å². The molecule has 0 radical (unpaired) electrons. The quantitative estimate of drug-likeness (QED) is 0.218. The fraction of sp³-hybridized carbons (Fsp3) is 0. The highest BCUT2D eigenvalue weighted by molar-refractivity contribution is 6.25. The fourth-order valence-electron chi connectivity index (χ4n) is 6.61. The van der Waals surface area contributed by atoms with Crippen LogP contribution in [0.3, 0.4) is 0 Å². The van der Waals surface area contributed by atoms with Crippen molar-refractivity contribution in [3.05, 3.63) is 133 Å². The average Bonchev–Trinajstić information content (AvgIpc) is 3.40. The highest BCUT2D eigenvalue weighted by Gasteiger charge is 2.16. The van der Waals surface area contributed by atoms with Gasteiger partial charge in [0.1, 0.15) is 11.2 Å². The van der Waals surface area contributed by atoms with Gasteiger partial charge in [0, 0.05) is 16.2 Å². The second-order valence-corrected chi connectivity index (χ2v) is 10.5. The first kappa shape index (κ1) is 20.9. The first-order valence-corrected chi connectivity index (χ1v) is 13.4. The molecule has 0 saturated heterocycles. The van der Waals surface area contributed by atoms with Gasteiger partial charge in [0.2, 0.25) is 0 Å². The standard InChI is InChI=1S/C38H22O/c1-2-8-31-23(5-1)17-22-33-37-30(9-4-10-34(37)39-38(31)33)25-13-11-24(12-14-25)29-20-18-28-16-15-26-6-3-7-27-19-21-32(29)36(28)35(26)27/h1-22H. The predicted octanol–water partition coefficient (Wildman–Crippen LogP) is 11.0. The zero-order chi connectivity index (χ0) is 25.5. The van der Waals surface area contributed by atoms with Crippen LogP contribution in [-0.2, 0) is 0 Å². The van der Waals surface area contributed by atoms with Crippen molar-refractivity contribution in [2.45, 2.75) is 0 Å². The molecule has 1 nitrogen and oxygen atoms in total. The maximum absolute atomic E-state index is 6.43. The molecular formula is C38H22O. The number of rotatable bonds is 2. The van der Waals surface area contributed by atoms with Crippen molar-refractivity contribution in [1.29, 1.82) is 0 Å². The Morgan fingerprint density at radius 3 is 1.79 bits per heavy atom. The summed E-state index contributed by atoms with van der Waals surface area (Å²) in [4.78, 5) is 0. The highest BCUT2D eigenvalue weighted by Crippen LogP contribution is 2.42. The molecule has 0 saturated carbocycles. The largest absolute Gasteiger partial charge is 0.455 e. The van der Waals surface area contributed by atoms with Crippen LogP contribution in [0.25, 0.3) is 87.3 Å². The van der Waals surface area contributed by atoms with Gasteiger partial charge in [-0.05, 0) is 72.1 Å². The molecule has 1 heteroatoms. The Morgan fingerprint density at radius 2 is 0.949 bits per heavy atom. The SMILES string of the molecule is c1ccc2c(c1)ccc1c2oc2cccc(-c3ccc(-c4ccc5ccc6cccc7ccc4c5c67)cc3)c21. The number of hydrogen-bond donors (Lipinski definition) is 0. The van der Waals surface area contributed by atoms with Gasteiger partial charge in [0.15, 0.2) is 0 Å². The lowest BCUT2D eigenvalue weighted by molar-refractivity contribution is 0.673. The van der Waals surface area contributed by atoms with Gasteiger partial charge in [-0.1, -0.05) is 121 Å². The van der Waals surface area contributed by atoms with E-state index in [2.05, 4.69) is 133 Å². The van der Waals surface area contributed by atoms with Gasteiger partial charge in [0.05, 0.1) is 0 Å². The molecule has 0 aliphatic heterocycles. The van der Waals surface area contributed by atoms with Gasteiger partial charge in [-0.2, -0.15) is 0 Å². The summed E-state index contributed by atoms with van der Waals surface area (Å²) in [6, 6.07) is 48.4. The molecule has 0 fully saturated rings. The van der Waals surface area contributed by atoms with Crippen LogP contribution >= 0.6 is 0 Å². The van der Waals surface area contributed by atoms with Gasteiger partial charge >= 0.3 is 0 Å². The number of benzene rings is 8. The Hall–Kier alpha value is -5.14. The summed E-state index contributed by atoms with van der Waals surface area (Å²) in [6.07, 6.45) is 0. The molecule has 180 valence electrons. The molecule has 8 aromatic carbocycles. The van der Waals surface area contributed by atoms with Gasteiger partial charge < -0.3 is 4.42 Å². The molecular weight excluding hydrogens is 472 g/mol. The van der Waals surface area contributed by atoms with Crippen LogP contribution in [0.15, 0.2) is 138 Å². The van der Waals surface area contributed by atoms with Crippen molar-refractivity contribution in [1.82, 2.24) is 0 Å². The lowest BCUT2D eigenvalue weighted by Crippen LogP contribution is -1.87. The summed E-state index contributed by atoms with van der Waals surface area (Å²) >= 11 is 0. The third-order valence-corrected chi connectivity index (χ3v) is 8.42. The molecule has 0 bridgehead atoms. The first-order chi connectivity index (χ1) is 19.3. The third kappa shape index (κ3) is 2.90. The van der Waals surface area contributed by atoms with E-state index in [1.807, 2.05) is 0 Å². The molecule has 1 aromatic heterocycles. The van der Waals surface area contributed by atoms with Crippen LogP contribution in [0.4, 0.5) is 0 Å². The van der Waals surface area contributed by atoms with Crippen LogP contribution in [0.1, 0.15) is 0 Å². The topological polar surface area (TPSA) is 13.1 Å². The Bertz CT molecular complexity index is 2350. The monoisotopic (exact) mass is 494 g/mol. The van der Waals surface area contributed by atoms with E-state index < -0.39 is 0 Å². The molecule has 1 heterocycles. The average molecular weight is 495 g/mol. The molecule has 0 atom stereocenters. The third-order valence-electron chi connectivity index (χ3n) is 8.42. The maximum Gasteiger partial charge on any atom is 0.143 e. The second-order valence-electron chi connectivity index (χ2n) is 10.5. The number of furan rings is 1. The molecule has 9 aromatic rings. The molecule has 0 aliphatic carbocycles. The maximum atomic E-state index is 6.43. The van der Waals surface area contributed by atoms with Crippen molar-refractivity contribution in [3.8, 4) is 22.3 Å². The van der Waals surface area contributed by atoms with Crippen molar-refractivity contribution >= 4 is 65.0 Å². The summed E-state index contributed by atoms with van der Waals surface area (Å²) in [5.41, 5.74) is 6.77. The van der Waals surface area contributed by atoms with Gasteiger partial charge in [0.25, 0.3) is 0 Å². The number of fused-ring (bicyclic) bond motifs is 5. The lowest BCUT2D eigenvalue weighted by atomic mass is 9.89. The minimum absolute atomic E-state index is 0.926. The molecule has 0 N–H and O–H groups in total. The van der Waals surface area contributed by atoms with E-state index in [4.69, 9.17) is 4.42 Å². The first-order valence-electron chi connectivity index (χ1n) is 13.4. The van der Waals surface area contributed by atoms with E-state index in [0.717, 1.165) is 21.9 Å². The molecule has 0 amide bonds. The molecule has 0 unspecified atom stereocenters. The second kappa shape index (κ2) is 7.69. The highest BCUT2D eigenvalue weighted by atomic mass is 16.3. The van der Waals surface area contributed by atoms with Gasteiger partial charge in [-0.3, -0.25) is 0 Å². The predicted molar refractivity (Wildman–Crippen MR) is 166 cm³/mol. The Balaban J connectivity index is 1.23. The van der Waals surface area contributed by atoms with Crippen LogP contribution in [0.2, 0.25) is 0 Å². The smallest absolute Gasteiger partial charge is 0.143 e. The zero-order valence-corrected chi connectivity index (χ0v) is 21.1. The molecule has 0 aliphatic rings. The van der Waals surface area contributed by atoms with Crippen molar-refractivity contribution < 1.29 is 4.42 Å². The van der Waals surface area contributed by atoms with E-state index in [1.54, 1.807) is 0 Å². The lowest BCUT2D eigenvalue weighted by Gasteiger charge is -2.14. The minimum atomic E-state index is 0.926. The molecule has 0 spiro atoms. The van der Waals surface area contributed by atoms with Crippen LogP contribution in [-0.4, -0.2) is 0 Å². The van der Waals surface area contributed by atoms with Crippen LogP contribution < -0.4 is 0 Å². The van der Waals surface area contributed by atoms with Crippen molar-refractivity contribution in [2.24, 2.45) is 0 Å². The fourth-order valence-corrected chi connectivity index (χ4v) is 6.61. The van der Waals surface area contributed by atoms with Crippen molar-refractivity contribution in [2.75, 3.05) is 0 Å². The number of hydrogen-bond acceptors (Lipinski definition) is 1. The van der Waals surface area contributed by atoms with E-state index in [9.17, 15) is 0 Å².